The van der Waals surface area contributed by atoms with Gasteiger partial charge in [0.1, 0.15) is 5.84 Å². The maximum atomic E-state index is 12.1. The van der Waals surface area contributed by atoms with Gasteiger partial charge in [-0.15, -0.1) is 0 Å². The summed E-state index contributed by atoms with van der Waals surface area (Å²) in [5.41, 5.74) is 0. The lowest BCUT2D eigenvalue weighted by Crippen LogP contribution is -1.95. The molecule has 0 heterocycles. The molecule has 1 nitrogen and oxygen atoms in total. The molecule has 0 spiro atoms. The minimum Gasteiger partial charge on any atom is -0.312 e. The van der Waals surface area contributed by atoms with E-state index in [4.69, 9.17) is 0 Å². The predicted molar refractivity (Wildman–Crippen MR) is 74.4 cm³/mol. The van der Waals surface area contributed by atoms with Gasteiger partial charge in [0, 0.05) is 12.3 Å². The molecule has 0 aromatic rings. The van der Waals surface area contributed by atoms with Crippen LogP contribution in [0.2, 0.25) is 0 Å². The summed E-state index contributed by atoms with van der Waals surface area (Å²) in [6.07, 6.45) is 6.34. The molecule has 0 aromatic carbocycles. The van der Waals surface area contributed by atoms with Crippen LogP contribution in [0.3, 0.4) is 0 Å². The first-order chi connectivity index (χ1) is 6.83. The molecule has 15 heavy (non-hydrogen) atoms. The van der Waals surface area contributed by atoms with Crippen molar-refractivity contribution in [3.63, 3.8) is 0 Å². The van der Waals surface area contributed by atoms with E-state index in [1.807, 2.05) is 0 Å². The Balaban J connectivity index is 3.63. The van der Waals surface area contributed by atoms with Crippen molar-refractivity contribution in [2.45, 2.75) is 53.4 Å². The van der Waals surface area contributed by atoms with Crippen molar-refractivity contribution >= 4 is 21.3 Å². The topological polar surface area (TPSA) is 17.1 Å². The number of hydrogen-bond acceptors (Lipinski definition) is 1. The molecule has 0 rings (SSSR count). The molecule has 0 saturated carbocycles. The van der Waals surface area contributed by atoms with Crippen LogP contribution in [0.15, 0.2) is 0 Å². The Bertz CT molecular complexity index is 184. The fourth-order valence-corrected chi connectivity index (χ4v) is 4.62. The standard InChI is InChI=1S/C12H26BrOP/c1-11(2)7-5-9-15(13,14)10-6-8-12(3)4/h11-12H,5-10H2,1-4H3. The van der Waals surface area contributed by atoms with E-state index in [0.29, 0.717) is 0 Å². The van der Waals surface area contributed by atoms with Crippen molar-refractivity contribution in [3.05, 3.63) is 0 Å². The summed E-state index contributed by atoms with van der Waals surface area (Å²) >= 11 is 3.44. The number of hydrogen-bond donors (Lipinski definition) is 0. The van der Waals surface area contributed by atoms with Crippen LogP contribution < -0.4 is 0 Å². The predicted octanol–water partition coefficient (Wildman–Crippen LogP) is 5.53. The van der Waals surface area contributed by atoms with E-state index < -0.39 is 5.84 Å². The Morgan fingerprint density at radius 1 is 0.933 bits per heavy atom. The Hall–Kier alpha value is 0.710. The molecule has 0 N–H and O–H groups in total. The Labute approximate surface area is 104 Å². The lowest BCUT2D eigenvalue weighted by Gasteiger charge is -2.12. The van der Waals surface area contributed by atoms with E-state index in [-0.39, 0.29) is 0 Å². The Morgan fingerprint density at radius 3 is 1.53 bits per heavy atom. The molecule has 0 saturated heterocycles. The van der Waals surface area contributed by atoms with Crippen molar-refractivity contribution < 1.29 is 4.57 Å². The third-order valence-corrected chi connectivity index (χ3v) is 6.64. The summed E-state index contributed by atoms with van der Waals surface area (Å²) in [7, 11) is 0. The Kier molecular flexibility index (Phi) is 8.27. The molecule has 0 amide bonds. The summed E-state index contributed by atoms with van der Waals surface area (Å²) in [4.78, 5) is 0. The van der Waals surface area contributed by atoms with Gasteiger partial charge in [0.15, 0.2) is 0 Å². The van der Waals surface area contributed by atoms with Gasteiger partial charge in [-0.25, -0.2) is 0 Å². The summed E-state index contributed by atoms with van der Waals surface area (Å²) in [5.74, 6) is -0.533. The van der Waals surface area contributed by atoms with Gasteiger partial charge in [0.2, 0.25) is 0 Å². The monoisotopic (exact) mass is 296 g/mol. The third-order valence-electron chi connectivity index (χ3n) is 2.55. The van der Waals surface area contributed by atoms with Gasteiger partial charge in [-0.3, -0.25) is 0 Å². The largest absolute Gasteiger partial charge is 0.312 e. The van der Waals surface area contributed by atoms with Crippen molar-refractivity contribution in [1.82, 2.24) is 0 Å². The second-order valence-corrected chi connectivity index (χ2v) is 11.7. The van der Waals surface area contributed by atoms with Gasteiger partial charge in [0.25, 0.3) is 0 Å². The highest BCUT2D eigenvalue weighted by Crippen LogP contribution is 2.55. The SMILES string of the molecule is CC(C)CCCP(=O)(Br)CCCC(C)C. The summed E-state index contributed by atoms with van der Waals surface area (Å²) in [6, 6.07) is 0. The molecule has 0 unspecified atom stereocenters. The fourth-order valence-electron chi connectivity index (χ4n) is 1.58. The molecule has 0 aromatic heterocycles. The molecule has 3 heteroatoms. The number of rotatable bonds is 8. The summed E-state index contributed by atoms with van der Waals surface area (Å²) in [5, 5.41) is 0. The molecule has 92 valence electrons. The first kappa shape index (κ1) is 15.7. The van der Waals surface area contributed by atoms with Crippen LogP contribution in [0.25, 0.3) is 0 Å². The fraction of sp³-hybridized carbons (Fsp3) is 1.00. The highest BCUT2D eigenvalue weighted by Gasteiger charge is 2.16. The molecule has 0 bridgehead atoms. The van der Waals surface area contributed by atoms with Gasteiger partial charge < -0.3 is 4.57 Å². The molecule has 0 fully saturated rings. The van der Waals surface area contributed by atoms with Crippen LogP contribution in [0.1, 0.15) is 53.4 Å². The van der Waals surface area contributed by atoms with Gasteiger partial charge in [-0.2, -0.15) is 0 Å². The first-order valence-electron chi connectivity index (χ1n) is 6.11. The van der Waals surface area contributed by atoms with Gasteiger partial charge in [0.05, 0.1) is 0 Å². The second kappa shape index (κ2) is 7.90. The molecule has 0 aliphatic carbocycles. The minimum atomic E-state index is -1.99. The average Bonchev–Trinajstić information content (AvgIpc) is 2.01. The van der Waals surface area contributed by atoms with Crippen molar-refractivity contribution in [2.75, 3.05) is 12.3 Å². The van der Waals surface area contributed by atoms with Crippen LogP contribution >= 0.6 is 21.3 Å². The van der Waals surface area contributed by atoms with E-state index in [1.54, 1.807) is 0 Å². The molecule has 0 aliphatic rings. The molecular weight excluding hydrogens is 271 g/mol. The molecule has 0 aliphatic heterocycles. The first-order valence-corrected chi connectivity index (χ1v) is 10.2. The maximum absolute atomic E-state index is 12.1. The quantitative estimate of drug-likeness (QED) is 0.538. The van der Waals surface area contributed by atoms with Crippen molar-refractivity contribution in [3.8, 4) is 0 Å². The van der Waals surface area contributed by atoms with Crippen LogP contribution in [-0.4, -0.2) is 12.3 Å². The smallest absolute Gasteiger partial charge is 0.148 e. The van der Waals surface area contributed by atoms with Crippen LogP contribution in [0.4, 0.5) is 0 Å². The molecular formula is C12H26BrOP. The van der Waals surface area contributed by atoms with Gasteiger partial charge >= 0.3 is 0 Å². The van der Waals surface area contributed by atoms with Crippen LogP contribution in [0.5, 0.6) is 0 Å². The van der Waals surface area contributed by atoms with Crippen molar-refractivity contribution in [1.29, 1.82) is 0 Å². The maximum Gasteiger partial charge on any atom is 0.148 e. The van der Waals surface area contributed by atoms with Crippen LogP contribution in [0, 0.1) is 11.8 Å². The number of halogens is 1. The van der Waals surface area contributed by atoms with E-state index in [0.717, 1.165) is 37.0 Å². The van der Waals surface area contributed by atoms with Crippen LogP contribution in [-0.2, 0) is 4.57 Å². The van der Waals surface area contributed by atoms with Crippen molar-refractivity contribution in [2.24, 2.45) is 11.8 Å². The van der Waals surface area contributed by atoms with Gasteiger partial charge in [-0.1, -0.05) is 40.5 Å². The normalized spacial score (nSPS) is 12.7. The molecule has 0 radical (unpaired) electrons. The zero-order valence-electron chi connectivity index (χ0n) is 10.6. The minimum absolute atomic E-state index is 0.730. The van der Waals surface area contributed by atoms with E-state index >= 15 is 0 Å². The molecule has 0 atom stereocenters. The van der Waals surface area contributed by atoms with E-state index in [1.165, 1.54) is 12.8 Å². The van der Waals surface area contributed by atoms with E-state index in [2.05, 4.69) is 43.2 Å². The highest BCUT2D eigenvalue weighted by atomic mass is 79.9. The zero-order chi connectivity index (χ0) is 11.9. The second-order valence-electron chi connectivity index (χ2n) is 5.31. The lowest BCUT2D eigenvalue weighted by molar-refractivity contribution is 0.550. The Morgan fingerprint density at radius 2 is 1.27 bits per heavy atom. The summed E-state index contributed by atoms with van der Waals surface area (Å²) in [6.45, 7) is 8.88. The lowest BCUT2D eigenvalue weighted by atomic mass is 10.1. The van der Waals surface area contributed by atoms with Gasteiger partial charge in [-0.05, 0) is 40.2 Å². The highest BCUT2D eigenvalue weighted by molar-refractivity contribution is 9.40. The summed E-state index contributed by atoms with van der Waals surface area (Å²) < 4.78 is 12.1. The van der Waals surface area contributed by atoms with E-state index in [9.17, 15) is 4.57 Å². The zero-order valence-corrected chi connectivity index (χ0v) is 13.1. The third kappa shape index (κ3) is 11.0. The average molecular weight is 297 g/mol.